The Bertz CT molecular complexity index is 727. The van der Waals surface area contributed by atoms with E-state index in [2.05, 4.69) is 11.1 Å². The van der Waals surface area contributed by atoms with Gasteiger partial charge in [-0.2, -0.15) is 0 Å². The molecule has 4 heteroatoms. The number of carbonyl (C=O) groups excluding carboxylic acids is 1. The third kappa shape index (κ3) is 3.22. The third-order valence-corrected chi connectivity index (χ3v) is 4.48. The van der Waals surface area contributed by atoms with Crippen molar-refractivity contribution in [2.24, 2.45) is 0 Å². The number of rotatable bonds is 4. The van der Waals surface area contributed by atoms with Gasteiger partial charge in [0.1, 0.15) is 0 Å². The molecule has 2 aromatic rings. The molecule has 0 saturated carbocycles. The second-order valence-corrected chi connectivity index (χ2v) is 6.29. The standard InChI is InChI=1S/C19H24N2O2/c1-4-23-12-15-6-5-9-21(15)19(22)17-11-14(3)20-18-8-7-13(2)10-16(17)18/h7-8,10-11,15H,4-6,9,12H2,1-3H3/t15-/m0/s1. The fourth-order valence-electron chi connectivity index (χ4n) is 3.33. The van der Waals surface area contributed by atoms with Gasteiger partial charge in [0.2, 0.25) is 0 Å². The van der Waals surface area contributed by atoms with Crippen LogP contribution in [0.5, 0.6) is 0 Å². The van der Waals surface area contributed by atoms with Gasteiger partial charge in [-0.15, -0.1) is 0 Å². The van der Waals surface area contributed by atoms with E-state index in [-0.39, 0.29) is 11.9 Å². The highest BCUT2D eigenvalue weighted by Gasteiger charge is 2.30. The summed E-state index contributed by atoms with van der Waals surface area (Å²) in [7, 11) is 0. The van der Waals surface area contributed by atoms with Gasteiger partial charge in [0, 0.05) is 24.2 Å². The Morgan fingerprint density at radius 1 is 1.35 bits per heavy atom. The van der Waals surface area contributed by atoms with Crippen LogP contribution >= 0.6 is 0 Å². The van der Waals surface area contributed by atoms with E-state index in [9.17, 15) is 4.79 Å². The summed E-state index contributed by atoms with van der Waals surface area (Å²) in [5.74, 6) is 0.105. The molecular formula is C19H24N2O2. The van der Waals surface area contributed by atoms with E-state index < -0.39 is 0 Å². The van der Waals surface area contributed by atoms with Crippen LogP contribution in [0.25, 0.3) is 10.9 Å². The number of amides is 1. The second kappa shape index (κ2) is 6.67. The van der Waals surface area contributed by atoms with Crippen LogP contribution in [-0.4, -0.2) is 41.6 Å². The van der Waals surface area contributed by atoms with Crippen molar-refractivity contribution in [3.05, 3.63) is 41.1 Å². The molecule has 0 N–H and O–H groups in total. The highest BCUT2D eigenvalue weighted by molar-refractivity contribution is 6.06. The lowest BCUT2D eigenvalue weighted by Gasteiger charge is -2.25. The molecule has 4 nitrogen and oxygen atoms in total. The minimum atomic E-state index is 0.105. The number of likely N-dealkylation sites (tertiary alicyclic amines) is 1. The molecule has 0 unspecified atom stereocenters. The van der Waals surface area contributed by atoms with Gasteiger partial charge in [-0.1, -0.05) is 11.6 Å². The molecule has 1 saturated heterocycles. The molecule has 2 heterocycles. The summed E-state index contributed by atoms with van der Waals surface area (Å²) in [6, 6.07) is 8.20. The van der Waals surface area contributed by atoms with Crippen molar-refractivity contribution in [2.45, 2.75) is 39.7 Å². The molecule has 0 spiro atoms. The summed E-state index contributed by atoms with van der Waals surface area (Å²) in [6.07, 6.45) is 2.07. The number of hydrogen-bond acceptors (Lipinski definition) is 3. The highest BCUT2D eigenvalue weighted by atomic mass is 16.5. The van der Waals surface area contributed by atoms with Gasteiger partial charge >= 0.3 is 0 Å². The highest BCUT2D eigenvalue weighted by Crippen LogP contribution is 2.25. The molecule has 1 atom stereocenters. The maximum atomic E-state index is 13.1. The SMILES string of the molecule is CCOC[C@@H]1CCCN1C(=O)c1cc(C)nc2ccc(C)cc12. The summed E-state index contributed by atoms with van der Waals surface area (Å²) in [6.45, 7) is 8.10. The number of ether oxygens (including phenoxy) is 1. The molecule has 1 aliphatic rings. The zero-order valence-corrected chi connectivity index (χ0v) is 14.1. The lowest BCUT2D eigenvalue weighted by Crippen LogP contribution is -2.38. The molecule has 1 aliphatic heterocycles. The van der Waals surface area contributed by atoms with Crippen LogP contribution < -0.4 is 0 Å². The van der Waals surface area contributed by atoms with Crippen molar-refractivity contribution >= 4 is 16.8 Å². The van der Waals surface area contributed by atoms with E-state index >= 15 is 0 Å². The summed E-state index contributed by atoms with van der Waals surface area (Å²) < 4.78 is 5.56. The molecule has 1 aromatic heterocycles. The average molecular weight is 312 g/mol. The lowest BCUT2D eigenvalue weighted by molar-refractivity contribution is 0.0566. The van der Waals surface area contributed by atoms with Crippen molar-refractivity contribution in [3.8, 4) is 0 Å². The molecule has 23 heavy (non-hydrogen) atoms. The Balaban J connectivity index is 1.98. The first-order chi connectivity index (χ1) is 11.1. The maximum Gasteiger partial charge on any atom is 0.254 e. The fraction of sp³-hybridized carbons (Fsp3) is 0.474. The Morgan fingerprint density at radius 2 is 2.17 bits per heavy atom. The smallest absolute Gasteiger partial charge is 0.254 e. The number of benzene rings is 1. The Hall–Kier alpha value is -1.94. The van der Waals surface area contributed by atoms with Crippen molar-refractivity contribution in [1.29, 1.82) is 0 Å². The van der Waals surface area contributed by atoms with Gasteiger partial charge < -0.3 is 9.64 Å². The topological polar surface area (TPSA) is 42.4 Å². The lowest BCUT2D eigenvalue weighted by atomic mass is 10.0. The predicted octanol–water partition coefficient (Wildman–Crippen LogP) is 3.49. The second-order valence-electron chi connectivity index (χ2n) is 6.29. The average Bonchev–Trinajstić information content (AvgIpc) is 3.00. The normalized spacial score (nSPS) is 17.9. The minimum Gasteiger partial charge on any atom is -0.380 e. The van der Waals surface area contributed by atoms with Crippen LogP contribution in [0, 0.1) is 13.8 Å². The number of fused-ring (bicyclic) bond motifs is 1. The van der Waals surface area contributed by atoms with Crippen molar-refractivity contribution in [1.82, 2.24) is 9.88 Å². The largest absolute Gasteiger partial charge is 0.380 e. The number of hydrogen-bond donors (Lipinski definition) is 0. The number of pyridine rings is 1. The molecule has 0 bridgehead atoms. The van der Waals surface area contributed by atoms with Crippen LogP contribution in [0.15, 0.2) is 24.3 Å². The van der Waals surface area contributed by atoms with Gasteiger partial charge in [0.05, 0.1) is 23.7 Å². The van der Waals surface area contributed by atoms with E-state index in [0.717, 1.165) is 47.1 Å². The number of aromatic nitrogens is 1. The van der Waals surface area contributed by atoms with Gasteiger partial charge in [-0.05, 0) is 51.8 Å². The summed E-state index contributed by atoms with van der Waals surface area (Å²) in [5, 5.41) is 0.947. The molecule has 3 rings (SSSR count). The van der Waals surface area contributed by atoms with Crippen LogP contribution in [0.2, 0.25) is 0 Å². The summed E-state index contributed by atoms with van der Waals surface area (Å²) in [4.78, 5) is 19.7. The maximum absolute atomic E-state index is 13.1. The molecule has 122 valence electrons. The fourth-order valence-corrected chi connectivity index (χ4v) is 3.33. The van der Waals surface area contributed by atoms with E-state index in [1.54, 1.807) is 0 Å². The first kappa shape index (κ1) is 15.9. The Morgan fingerprint density at radius 3 is 2.96 bits per heavy atom. The monoisotopic (exact) mass is 312 g/mol. The van der Waals surface area contributed by atoms with E-state index in [0.29, 0.717) is 13.2 Å². The molecule has 0 aliphatic carbocycles. The molecule has 1 aromatic carbocycles. The minimum absolute atomic E-state index is 0.105. The summed E-state index contributed by atoms with van der Waals surface area (Å²) in [5.41, 5.74) is 3.67. The van der Waals surface area contributed by atoms with E-state index in [1.807, 2.05) is 43.9 Å². The molecule has 0 radical (unpaired) electrons. The van der Waals surface area contributed by atoms with Crippen molar-refractivity contribution in [2.75, 3.05) is 19.8 Å². The first-order valence-corrected chi connectivity index (χ1v) is 8.37. The molecule has 1 fully saturated rings. The number of carbonyl (C=O) groups is 1. The van der Waals surface area contributed by atoms with Gasteiger partial charge in [0.15, 0.2) is 0 Å². The van der Waals surface area contributed by atoms with Crippen LogP contribution in [0.4, 0.5) is 0 Å². The zero-order valence-electron chi connectivity index (χ0n) is 14.1. The van der Waals surface area contributed by atoms with E-state index in [1.165, 1.54) is 0 Å². The van der Waals surface area contributed by atoms with Gasteiger partial charge in [-0.25, -0.2) is 0 Å². The quantitative estimate of drug-likeness (QED) is 0.868. The van der Waals surface area contributed by atoms with Crippen molar-refractivity contribution < 1.29 is 9.53 Å². The van der Waals surface area contributed by atoms with Gasteiger partial charge in [-0.3, -0.25) is 9.78 Å². The van der Waals surface area contributed by atoms with Gasteiger partial charge in [0.25, 0.3) is 5.91 Å². The predicted molar refractivity (Wildman–Crippen MR) is 91.8 cm³/mol. The molecule has 1 amide bonds. The van der Waals surface area contributed by atoms with E-state index in [4.69, 9.17) is 4.74 Å². The Labute approximate surface area is 137 Å². The summed E-state index contributed by atoms with van der Waals surface area (Å²) >= 11 is 0. The number of nitrogens with zero attached hydrogens (tertiary/aromatic N) is 2. The third-order valence-electron chi connectivity index (χ3n) is 4.48. The van der Waals surface area contributed by atoms with Crippen LogP contribution in [0.1, 0.15) is 41.4 Å². The molecular weight excluding hydrogens is 288 g/mol. The van der Waals surface area contributed by atoms with Crippen LogP contribution in [0.3, 0.4) is 0 Å². The van der Waals surface area contributed by atoms with Crippen molar-refractivity contribution in [3.63, 3.8) is 0 Å². The Kier molecular flexibility index (Phi) is 4.62. The number of aryl methyl sites for hydroxylation is 2. The zero-order chi connectivity index (χ0) is 16.4. The van der Waals surface area contributed by atoms with Crippen LogP contribution in [-0.2, 0) is 4.74 Å². The first-order valence-electron chi connectivity index (χ1n) is 8.37.